The molecule has 1 heterocycles. The van der Waals surface area contributed by atoms with Crippen molar-refractivity contribution < 1.29 is 14.3 Å². The summed E-state index contributed by atoms with van der Waals surface area (Å²) in [5, 5.41) is 0.667. The number of halogens is 1. The molecule has 0 aliphatic carbocycles. The van der Waals surface area contributed by atoms with Gasteiger partial charge in [-0.1, -0.05) is 23.7 Å². The minimum Gasteiger partial charge on any atom is -0.464 e. The Morgan fingerprint density at radius 2 is 2.12 bits per heavy atom. The molecule has 0 N–H and O–H groups in total. The van der Waals surface area contributed by atoms with Gasteiger partial charge in [0.05, 0.1) is 6.61 Å². The van der Waals surface area contributed by atoms with Crippen LogP contribution >= 0.6 is 11.6 Å². The van der Waals surface area contributed by atoms with E-state index >= 15 is 0 Å². The van der Waals surface area contributed by atoms with Crippen molar-refractivity contribution in [1.29, 1.82) is 0 Å². The minimum absolute atomic E-state index is 0.306. The van der Waals surface area contributed by atoms with Gasteiger partial charge in [0.25, 0.3) is 0 Å². The highest BCUT2D eigenvalue weighted by Crippen LogP contribution is 2.46. The fourth-order valence-corrected chi connectivity index (χ4v) is 1.83. The Bertz CT molecular complexity index is 401. The minimum atomic E-state index is -0.559. The molecule has 2 atom stereocenters. The maximum absolute atomic E-state index is 11.5. The maximum Gasteiger partial charge on any atom is 0.338 e. The summed E-state index contributed by atoms with van der Waals surface area (Å²) >= 11 is 5.80. The van der Waals surface area contributed by atoms with Gasteiger partial charge in [0.2, 0.25) is 0 Å². The van der Waals surface area contributed by atoms with Crippen LogP contribution in [0.15, 0.2) is 24.3 Å². The molecule has 2 unspecified atom stereocenters. The summed E-state index contributed by atoms with van der Waals surface area (Å²) in [6, 6.07) is 7.29. The monoisotopic (exact) mass is 240 g/mol. The molecule has 0 amide bonds. The van der Waals surface area contributed by atoms with Crippen molar-refractivity contribution in [3.63, 3.8) is 0 Å². The molecule has 0 aromatic heterocycles. The molecule has 2 rings (SSSR count). The third kappa shape index (κ3) is 1.93. The third-order valence-electron chi connectivity index (χ3n) is 2.72. The Morgan fingerprint density at radius 3 is 2.69 bits per heavy atom. The average Bonchev–Trinajstić information content (AvgIpc) is 2.93. The lowest BCUT2D eigenvalue weighted by molar-refractivity contribution is -0.144. The Kier molecular flexibility index (Phi) is 2.91. The lowest BCUT2D eigenvalue weighted by atomic mass is 9.97. The molecule has 1 aliphatic heterocycles. The summed E-state index contributed by atoms with van der Waals surface area (Å²) in [5.41, 5.74) is 0.381. The Morgan fingerprint density at radius 1 is 1.50 bits per heavy atom. The first-order chi connectivity index (χ1) is 7.58. The van der Waals surface area contributed by atoms with Gasteiger partial charge in [-0.3, -0.25) is 0 Å². The predicted molar refractivity (Wildman–Crippen MR) is 60.3 cm³/mol. The van der Waals surface area contributed by atoms with Crippen LogP contribution in [0, 0.1) is 0 Å². The first kappa shape index (κ1) is 11.4. The number of ether oxygens (including phenoxy) is 2. The number of rotatable bonds is 3. The number of carbonyl (C=O) groups excluding carboxylic acids is 1. The van der Waals surface area contributed by atoms with Crippen LogP contribution in [-0.4, -0.2) is 18.7 Å². The molecule has 0 radical (unpaired) electrons. The van der Waals surface area contributed by atoms with Crippen molar-refractivity contribution in [1.82, 2.24) is 0 Å². The van der Waals surface area contributed by atoms with Gasteiger partial charge in [0.1, 0.15) is 5.60 Å². The van der Waals surface area contributed by atoms with Gasteiger partial charge < -0.3 is 9.47 Å². The number of benzene rings is 1. The van der Waals surface area contributed by atoms with E-state index in [4.69, 9.17) is 21.1 Å². The zero-order valence-corrected chi connectivity index (χ0v) is 9.95. The molecule has 0 bridgehead atoms. The van der Waals surface area contributed by atoms with E-state index in [1.807, 2.05) is 19.1 Å². The Labute approximate surface area is 99.3 Å². The van der Waals surface area contributed by atoms with Crippen molar-refractivity contribution in [2.75, 3.05) is 6.61 Å². The normalized spacial score (nSPS) is 27.6. The summed E-state index contributed by atoms with van der Waals surface area (Å²) in [6.45, 7) is 4.02. The molecule has 4 heteroatoms. The average molecular weight is 241 g/mol. The van der Waals surface area contributed by atoms with Crippen LogP contribution in [-0.2, 0) is 19.9 Å². The van der Waals surface area contributed by atoms with E-state index in [1.165, 1.54) is 0 Å². The molecule has 1 aromatic rings. The molecular formula is C12H13ClO3. The van der Waals surface area contributed by atoms with Gasteiger partial charge in [0.15, 0.2) is 6.10 Å². The third-order valence-corrected chi connectivity index (χ3v) is 2.98. The SMILES string of the molecule is CCOC(=O)C1OC1(C)c1ccc(Cl)cc1. The fraction of sp³-hybridized carbons (Fsp3) is 0.417. The zero-order chi connectivity index (χ0) is 11.8. The summed E-state index contributed by atoms with van der Waals surface area (Å²) in [5.74, 6) is -0.306. The quantitative estimate of drug-likeness (QED) is 0.602. The van der Waals surface area contributed by atoms with Crippen molar-refractivity contribution in [2.24, 2.45) is 0 Å². The van der Waals surface area contributed by atoms with E-state index in [0.29, 0.717) is 11.6 Å². The van der Waals surface area contributed by atoms with Gasteiger partial charge in [0, 0.05) is 5.02 Å². The van der Waals surface area contributed by atoms with E-state index < -0.39 is 11.7 Å². The molecule has 0 spiro atoms. The summed E-state index contributed by atoms with van der Waals surface area (Å²) in [6.07, 6.45) is -0.492. The highest BCUT2D eigenvalue weighted by atomic mass is 35.5. The Hall–Kier alpha value is -1.06. The van der Waals surface area contributed by atoms with Crippen molar-refractivity contribution in [2.45, 2.75) is 25.6 Å². The molecule has 1 aliphatic rings. The molecule has 3 nitrogen and oxygen atoms in total. The lowest BCUT2D eigenvalue weighted by Gasteiger charge is -2.06. The van der Waals surface area contributed by atoms with Crippen LogP contribution in [0.2, 0.25) is 5.02 Å². The van der Waals surface area contributed by atoms with Crippen LogP contribution in [0.3, 0.4) is 0 Å². The highest BCUT2D eigenvalue weighted by molar-refractivity contribution is 6.30. The topological polar surface area (TPSA) is 38.8 Å². The largest absolute Gasteiger partial charge is 0.464 e. The number of epoxide rings is 1. The molecule has 1 aromatic carbocycles. The van der Waals surface area contributed by atoms with Crippen molar-refractivity contribution in [3.05, 3.63) is 34.9 Å². The maximum atomic E-state index is 11.5. The number of esters is 1. The second-order valence-electron chi connectivity index (χ2n) is 3.86. The van der Waals surface area contributed by atoms with Gasteiger partial charge >= 0.3 is 5.97 Å². The van der Waals surface area contributed by atoms with Crippen LogP contribution in [0.5, 0.6) is 0 Å². The predicted octanol–water partition coefficient (Wildman–Crippen LogP) is 2.52. The van der Waals surface area contributed by atoms with Crippen LogP contribution in [0.1, 0.15) is 19.4 Å². The van der Waals surface area contributed by atoms with E-state index in [-0.39, 0.29) is 5.97 Å². The van der Waals surface area contributed by atoms with Crippen molar-refractivity contribution in [3.8, 4) is 0 Å². The van der Waals surface area contributed by atoms with Gasteiger partial charge in [-0.25, -0.2) is 4.79 Å². The first-order valence-electron chi connectivity index (χ1n) is 5.18. The second-order valence-corrected chi connectivity index (χ2v) is 4.30. The van der Waals surface area contributed by atoms with E-state index in [2.05, 4.69) is 0 Å². The van der Waals surface area contributed by atoms with Gasteiger partial charge in [-0.15, -0.1) is 0 Å². The van der Waals surface area contributed by atoms with Gasteiger partial charge in [-0.2, -0.15) is 0 Å². The standard InChI is InChI=1S/C12H13ClO3/c1-3-15-11(14)10-12(2,16-10)8-4-6-9(13)7-5-8/h4-7,10H,3H2,1-2H3. The molecule has 16 heavy (non-hydrogen) atoms. The molecular weight excluding hydrogens is 228 g/mol. The fourth-order valence-electron chi connectivity index (χ4n) is 1.70. The van der Waals surface area contributed by atoms with Crippen LogP contribution in [0.25, 0.3) is 0 Å². The smallest absolute Gasteiger partial charge is 0.338 e. The number of carbonyl (C=O) groups is 1. The molecule has 0 saturated carbocycles. The van der Waals surface area contributed by atoms with Crippen LogP contribution < -0.4 is 0 Å². The van der Waals surface area contributed by atoms with Crippen LogP contribution in [0.4, 0.5) is 0 Å². The van der Waals surface area contributed by atoms with Gasteiger partial charge in [-0.05, 0) is 31.5 Å². The summed E-state index contributed by atoms with van der Waals surface area (Å²) in [7, 11) is 0. The van der Waals surface area contributed by atoms with E-state index in [1.54, 1.807) is 19.1 Å². The second kappa shape index (κ2) is 4.07. The van der Waals surface area contributed by atoms with E-state index in [0.717, 1.165) is 5.56 Å². The highest BCUT2D eigenvalue weighted by Gasteiger charge is 2.59. The summed E-state index contributed by atoms with van der Waals surface area (Å²) in [4.78, 5) is 11.5. The number of hydrogen-bond donors (Lipinski definition) is 0. The van der Waals surface area contributed by atoms with Crippen molar-refractivity contribution >= 4 is 17.6 Å². The zero-order valence-electron chi connectivity index (χ0n) is 9.20. The molecule has 86 valence electrons. The summed E-state index contributed by atoms with van der Waals surface area (Å²) < 4.78 is 10.3. The first-order valence-corrected chi connectivity index (χ1v) is 5.56. The lowest BCUT2D eigenvalue weighted by Crippen LogP contribution is -2.18. The molecule has 1 fully saturated rings. The Balaban J connectivity index is 2.12. The number of hydrogen-bond acceptors (Lipinski definition) is 3. The molecule has 1 saturated heterocycles. The van der Waals surface area contributed by atoms with E-state index in [9.17, 15) is 4.79 Å².